The summed E-state index contributed by atoms with van der Waals surface area (Å²) in [4.78, 5) is 45.9. The number of hydrogen-bond acceptors (Lipinski definition) is 5. The van der Waals surface area contributed by atoms with Crippen molar-refractivity contribution in [3.8, 4) is 0 Å². The molecule has 0 bridgehead atoms. The normalized spacial score (nSPS) is 13.2. The van der Waals surface area contributed by atoms with E-state index in [1.165, 1.54) is 12.1 Å². The smallest absolute Gasteiger partial charge is 0.324 e. The number of rotatable bonds is 2. The summed E-state index contributed by atoms with van der Waals surface area (Å²) >= 11 is 0. The highest BCUT2D eigenvalue weighted by molar-refractivity contribution is 6.21. The van der Waals surface area contributed by atoms with Crippen molar-refractivity contribution in [3.63, 3.8) is 0 Å². The van der Waals surface area contributed by atoms with Gasteiger partial charge in [0.25, 0.3) is 11.8 Å². The summed E-state index contributed by atoms with van der Waals surface area (Å²) in [5.41, 5.74) is 1.26. The summed E-state index contributed by atoms with van der Waals surface area (Å²) in [6.07, 6.45) is 1.61. The van der Waals surface area contributed by atoms with E-state index in [0.29, 0.717) is 10.6 Å². The van der Waals surface area contributed by atoms with Gasteiger partial charge in [-0.05, 0) is 30.3 Å². The minimum absolute atomic E-state index is 0.206. The lowest BCUT2D eigenvalue weighted by Crippen LogP contribution is -2.32. The van der Waals surface area contributed by atoms with Gasteiger partial charge in [-0.25, -0.2) is 4.79 Å². The minimum Gasteiger partial charge on any atom is -0.324 e. The van der Waals surface area contributed by atoms with E-state index in [2.05, 4.69) is 4.98 Å². The number of hydroxylamine groups is 2. The first-order chi connectivity index (χ1) is 11.6. The van der Waals surface area contributed by atoms with Gasteiger partial charge in [0.15, 0.2) is 0 Å². The second-order valence-corrected chi connectivity index (χ2v) is 5.24. The highest BCUT2D eigenvalue weighted by Gasteiger charge is 2.38. The lowest BCUT2D eigenvalue weighted by molar-refractivity contribution is -0.0584. The molecule has 0 saturated carbocycles. The molecule has 24 heavy (non-hydrogen) atoms. The number of benzene rings is 2. The number of amides is 2. The predicted octanol–water partition coefficient (Wildman–Crippen LogP) is 2.60. The number of carbonyl (C=O) groups is 3. The van der Waals surface area contributed by atoms with Crippen molar-refractivity contribution in [3.05, 3.63) is 77.5 Å². The van der Waals surface area contributed by atoms with Gasteiger partial charge in [-0.15, -0.1) is 0 Å². The molecule has 3 aromatic rings. The van der Waals surface area contributed by atoms with Gasteiger partial charge in [0.1, 0.15) is 0 Å². The molecular formula is C18H10N2O4. The molecule has 1 aromatic heterocycles. The summed E-state index contributed by atoms with van der Waals surface area (Å²) in [5.74, 6) is -2.09. The molecule has 2 aromatic carbocycles. The Labute approximate surface area is 136 Å². The van der Waals surface area contributed by atoms with Crippen LogP contribution in [0.15, 0.2) is 60.8 Å². The van der Waals surface area contributed by atoms with E-state index in [9.17, 15) is 14.4 Å². The Bertz CT molecular complexity index is 978. The zero-order valence-electron chi connectivity index (χ0n) is 12.3. The topological polar surface area (TPSA) is 76.6 Å². The maximum atomic E-state index is 12.3. The number of fused-ring (bicyclic) bond motifs is 2. The van der Waals surface area contributed by atoms with E-state index in [1.54, 1.807) is 42.6 Å². The Balaban J connectivity index is 1.62. The first-order valence-electron chi connectivity index (χ1n) is 7.20. The SMILES string of the molecule is O=C(ON1C(=O)c2ccccc2C1=O)c1ccc2cccnc2c1. The Morgan fingerprint density at radius 1 is 0.917 bits per heavy atom. The zero-order valence-corrected chi connectivity index (χ0v) is 12.3. The standard InChI is InChI=1S/C18H10N2O4/c21-16-13-5-1-2-6-14(13)17(22)20(16)24-18(23)12-8-7-11-4-3-9-19-15(11)10-12/h1-10H. The van der Waals surface area contributed by atoms with Gasteiger partial charge in [0.2, 0.25) is 0 Å². The van der Waals surface area contributed by atoms with Gasteiger partial charge in [-0.2, -0.15) is 0 Å². The van der Waals surface area contributed by atoms with Crippen molar-refractivity contribution < 1.29 is 19.2 Å². The van der Waals surface area contributed by atoms with Crippen molar-refractivity contribution in [1.82, 2.24) is 10.0 Å². The van der Waals surface area contributed by atoms with Gasteiger partial charge in [0.05, 0.1) is 22.2 Å². The molecule has 0 spiro atoms. The second-order valence-electron chi connectivity index (χ2n) is 5.24. The van der Waals surface area contributed by atoms with Crippen LogP contribution < -0.4 is 0 Å². The molecule has 2 amide bonds. The Kier molecular flexibility index (Phi) is 3.09. The fourth-order valence-corrected chi connectivity index (χ4v) is 2.58. The van der Waals surface area contributed by atoms with Gasteiger partial charge in [0, 0.05) is 11.6 Å². The van der Waals surface area contributed by atoms with Crippen LogP contribution in [0.25, 0.3) is 10.9 Å². The zero-order chi connectivity index (χ0) is 16.7. The monoisotopic (exact) mass is 318 g/mol. The molecule has 2 heterocycles. The molecule has 0 aliphatic carbocycles. The summed E-state index contributed by atoms with van der Waals surface area (Å²) in [7, 11) is 0. The average molecular weight is 318 g/mol. The maximum absolute atomic E-state index is 12.3. The molecule has 0 unspecified atom stereocenters. The predicted molar refractivity (Wildman–Crippen MR) is 84.1 cm³/mol. The minimum atomic E-state index is -0.794. The maximum Gasteiger partial charge on any atom is 0.364 e. The van der Waals surface area contributed by atoms with Crippen LogP contribution in [0.3, 0.4) is 0 Å². The van der Waals surface area contributed by atoms with Gasteiger partial charge in [-0.3, -0.25) is 14.6 Å². The van der Waals surface area contributed by atoms with Crippen LogP contribution in [0, 0.1) is 0 Å². The van der Waals surface area contributed by atoms with Gasteiger partial charge < -0.3 is 4.84 Å². The van der Waals surface area contributed by atoms with E-state index in [4.69, 9.17) is 4.84 Å². The molecule has 0 radical (unpaired) electrons. The number of nitrogens with zero attached hydrogens (tertiary/aromatic N) is 2. The van der Waals surface area contributed by atoms with Gasteiger partial charge >= 0.3 is 5.97 Å². The Morgan fingerprint density at radius 2 is 1.62 bits per heavy atom. The quantitative estimate of drug-likeness (QED) is 0.679. The fourth-order valence-electron chi connectivity index (χ4n) is 2.58. The van der Waals surface area contributed by atoms with Crippen molar-refractivity contribution in [2.75, 3.05) is 0 Å². The first kappa shape index (κ1) is 14.1. The number of pyridine rings is 1. The van der Waals surface area contributed by atoms with Crippen molar-refractivity contribution in [2.45, 2.75) is 0 Å². The second kappa shape index (κ2) is 5.27. The van der Waals surface area contributed by atoms with Crippen molar-refractivity contribution in [2.24, 2.45) is 0 Å². The first-order valence-corrected chi connectivity index (χ1v) is 7.20. The molecule has 6 heteroatoms. The lowest BCUT2D eigenvalue weighted by Gasteiger charge is -2.12. The molecule has 0 N–H and O–H groups in total. The van der Waals surface area contributed by atoms with Crippen LogP contribution in [0.2, 0.25) is 0 Å². The molecule has 4 rings (SSSR count). The Morgan fingerprint density at radius 3 is 2.33 bits per heavy atom. The van der Waals surface area contributed by atoms with E-state index in [0.717, 1.165) is 5.39 Å². The number of carbonyl (C=O) groups excluding carboxylic acids is 3. The molecule has 0 fully saturated rings. The number of hydrogen-bond donors (Lipinski definition) is 0. The summed E-state index contributed by atoms with van der Waals surface area (Å²) in [6, 6.07) is 14.8. The fraction of sp³-hybridized carbons (Fsp3) is 0. The van der Waals surface area contributed by atoms with Gasteiger partial charge in [-0.1, -0.05) is 29.3 Å². The molecule has 0 atom stereocenters. The van der Waals surface area contributed by atoms with Crippen LogP contribution in [-0.4, -0.2) is 27.8 Å². The van der Waals surface area contributed by atoms with Crippen LogP contribution in [0.1, 0.15) is 31.1 Å². The van der Waals surface area contributed by atoms with E-state index >= 15 is 0 Å². The molecule has 0 saturated heterocycles. The van der Waals surface area contributed by atoms with Crippen molar-refractivity contribution >= 4 is 28.7 Å². The van der Waals surface area contributed by atoms with Crippen LogP contribution in [0.5, 0.6) is 0 Å². The van der Waals surface area contributed by atoms with E-state index in [1.807, 2.05) is 6.07 Å². The summed E-state index contributed by atoms with van der Waals surface area (Å²) < 4.78 is 0. The summed E-state index contributed by atoms with van der Waals surface area (Å²) in [5, 5.41) is 1.37. The highest BCUT2D eigenvalue weighted by atomic mass is 16.7. The van der Waals surface area contributed by atoms with Crippen LogP contribution >= 0.6 is 0 Å². The molecule has 116 valence electrons. The highest BCUT2D eigenvalue weighted by Crippen LogP contribution is 2.23. The summed E-state index contributed by atoms with van der Waals surface area (Å²) in [6.45, 7) is 0. The third-order valence-electron chi connectivity index (χ3n) is 3.77. The average Bonchev–Trinajstić information content (AvgIpc) is 2.86. The third-order valence-corrected chi connectivity index (χ3v) is 3.77. The number of imide groups is 1. The molecule has 6 nitrogen and oxygen atoms in total. The van der Waals surface area contributed by atoms with Crippen LogP contribution in [0.4, 0.5) is 0 Å². The van der Waals surface area contributed by atoms with E-state index in [-0.39, 0.29) is 16.7 Å². The molecule has 1 aliphatic rings. The van der Waals surface area contributed by atoms with Crippen molar-refractivity contribution in [1.29, 1.82) is 0 Å². The third kappa shape index (κ3) is 2.13. The van der Waals surface area contributed by atoms with E-state index < -0.39 is 17.8 Å². The largest absolute Gasteiger partial charge is 0.364 e. The Hall–Kier alpha value is -3.54. The number of aromatic nitrogens is 1. The van der Waals surface area contributed by atoms with Crippen LogP contribution in [-0.2, 0) is 4.84 Å². The lowest BCUT2D eigenvalue weighted by atomic mass is 10.1. The molecule has 1 aliphatic heterocycles. The molecular weight excluding hydrogens is 308 g/mol.